The number of β-lactam (4-membered cyclic amide) rings is 1. The summed E-state index contributed by atoms with van der Waals surface area (Å²) in [6.45, 7) is 0. The van der Waals surface area contributed by atoms with Crippen molar-refractivity contribution in [1.82, 2.24) is 15.2 Å². The van der Waals surface area contributed by atoms with Gasteiger partial charge < -0.3 is 21.0 Å². The molecule has 1 aromatic rings. The van der Waals surface area contributed by atoms with Crippen molar-refractivity contribution in [2.75, 3.05) is 18.6 Å². The molecule has 12 heteroatoms. The lowest BCUT2D eigenvalue weighted by molar-refractivity contribution is -0.150. The number of carboxylic acid groups (broad SMARTS) is 1. The number of nitrogen functional groups attached to an aromatic ring is 1. The number of carbonyl (C=O) groups excluding carboxylic acids is 2. The summed E-state index contributed by atoms with van der Waals surface area (Å²) in [5.74, 6) is -1.89. The van der Waals surface area contributed by atoms with Crippen molar-refractivity contribution in [2.45, 2.75) is 11.4 Å². The van der Waals surface area contributed by atoms with E-state index in [9.17, 15) is 14.4 Å². The van der Waals surface area contributed by atoms with Crippen LogP contribution in [0.1, 0.15) is 5.69 Å². The highest BCUT2D eigenvalue weighted by Crippen LogP contribution is 2.37. The molecule has 132 valence electrons. The predicted octanol–water partition coefficient (Wildman–Crippen LogP) is -0.556. The first-order chi connectivity index (χ1) is 11.9. The largest absolute Gasteiger partial charge is 0.477 e. The molecule has 2 atom stereocenters. The van der Waals surface area contributed by atoms with Gasteiger partial charge in [0.2, 0.25) is 0 Å². The smallest absolute Gasteiger partial charge is 0.352 e. The molecular formula is C13H13N5O5S2. The van der Waals surface area contributed by atoms with Crippen molar-refractivity contribution in [3.63, 3.8) is 0 Å². The standard InChI is InChI=1S/C13H13N5O5S2/c1-23-17-7(5-4-25-13(14)15-5)9(19)16-8-10(20)18-6(12(21)22)2-3-24-11(8)18/h2,4,8,11H,3H2,1H3,(H2,14,15)(H,16,19)(H,21,22)/b17-7+/t8-,11-/m1/s1. The molecule has 1 saturated heterocycles. The fourth-order valence-corrected chi connectivity index (χ4v) is 4.18. The molecule has 0 bridgehead atoms. The minimum atomic E-state index is -1.18. The molecule has 0 saturated carbocycles. The number of nitrogens with two attached hydrogens (primary N) is 1. The molecule has 25 heavy (non-hydrogen) atoms. The van der Waals surface area contributed by atoms with Gasteiger partial charge in [-0.15, -0.1) is 23.1 Å². The molecule has 0 spiro atoms. The zero-order valence-corrected chi connectivity index (χ0v) is 14.5. The summed E-state index contributed by atoms with van der Waals surface area (Å²) in [7, 11) is 1.28. The van der Waals surface area contributed by atoms with E-state index in [-0.39, 0.29) is 22.2 Å². The number of nitrogens with zero attached hydrogens (tertiary/aromatic N) is 3. The maximum absolute atomic E-state index is 12.5. The normalized spacial score (nSPS) is 22.6. The van der Waals surface area contributed by atoms with Crippen LogP contribution in [0.4, 0.5) is 5.13 Å². The van der Waals surface area contributed by atoms with Crippen LogP contribution in [-0.4, -0.2) is 62.8 Å². The molecule has 1 aromatic heterocycles. The number of fused-ring (bicyclic) bond motifs is 1. The molecule has 2 aliphatic heterocycles. The fourth-order valence-electron chi connectivity index (χ4n) is 2.44. The lowest BCUT2D eigenvalue weighted by atomic mass is 10.0. The number of oxime groups is 1. The molecule has 3 rings (SSSR count). The minimum Gasteiger partial charge on any atom is -0.477 e. The first kappa shape index (κ1) is 17.2. The third kappa shape index (κ3) is 3.05. The molecule has 3 heterocycles. The lowest BCUT2D eigenvalue weighted by Crippen LogP contribution is -2.70. The molecule has 0 unspecified atom stereocenters. The maximum Gasteiger partial charge on any atom is 0.352 e. The van der Waals surface area contributed by atoms with Gasteiger partial charge in [0.1, 0.15) is 29.9 Å². The Morgan fingerprint density at radius 2 is 2.32 bits per heavy atom. The van der Waals surface area contributed by atoms with E-state index in [0.717, 1.165) is 16.2 Å². The van der Waals surface area contributed by atoms with E-state index < -0.39 is 29.2 Å². The number of thiazole rings is 1. The van der Waals surface area contributed by atoms with Gasteiger partial charge in [0.25, 0.3) is 11.8 Å². The van der Waals surface area contributed by atoms with Crippen molar-refractivity contribution in [2.24, 2.45) is 5.16 Å². The molecule has 2 amide bonds. The maximum atomic E-state index is 12.5. The third-order valence-electron chi connectivity index (χ3n) is 3.51. The van der Waals surface area contributed by atoms with Gasteiger partial charge in [0, 0.05) is 11.1 Å². The van der Waals surface area contributed by atoms with Crippen LogP contribution >= 0.6 is 23.1 Å². The minimum absolute atomic E-state index is 0.0719. The number of carbonyl (C=O) groups is 3. The van der Waals surface area contributed by atoms with Crippen molar-refractivity contribution in [3.8, 4) is 0 Å². The Morgan fingerprint density at radius 3 is 2.92 bits per heavy atom. The van der Waals surface area contributed by atoms with Gasteiger partial charge in [-0.05, 0) is 6.08 Å². The van der Waals surface area contributed by atoms with Gasteiger partial charge in [-0.1, -0.05) is 5.16 Å². The Kier molecular flexibility index (Phi) is 4.63. The van der Waals surface area contributed by atoms with Gasteiger partial charge in [-0.25, -0.2) is 9.78 Å². The van der Waals surface area contributed by atoms with E-state index >= 15 is 0 Å². The summed E-state index contributed by atoms with van der Waals surface area (Å²) in [6, 6.07) is -0.849. The van der Waals surface area contributed by atoms with Crippen molar-refractivity contribution in [3.05, 3.63) is 22.8 Å². The highest BCUT2D eigenvalue weighted by atomic mass is 32.2. The fraction of sp³-hybridized carbons (Fsp3) is 0.308. The van der Waals surface area contributed by atoms with Crippen molar-refractivity contribution in [1.29, 1.82) is 0 Å². The van der Waals surface area contributed by atoms with Gasteiger partial charge in [-0.3, -0.25) is 14.5 Å². The number of hydrogen-bond donors (Lipinski definition) is 3. The first-order valence-electron chi connectivity index (χ1n) is 6.95. The molecule has 10 nitrogen and oxygen atoms in total. The van der Waals surface area contributed by atoms with Crippen LogP contribution < -0.4 is 11.1 Å². The number of anilines is 1. The number of nitrogens with one attached hydrogen (secondary N) is 1. The highest BCUT2D eigenvalue weighted by molar-refractivity contribution is 8.00. The van der Waals surface area contributed by atoms with Crippen LogP contribution in [0.5, 0.6) is 0 Å². The topological polar surface area (TPSA) is 147 Å². The van der Waals surface area contributed by atoms with E-state index in [1.165, 1.54) is 24.9 Å². The summed E-state index contributed by atoms with van der Waals surface area (Å²) in [4.78, 5) is 45.7. The van der Waals surface area contributed by atoms with Crippen LogP contribution in [0.2, 0.25) is 0 Å². The monoisotopic (exact) mass is 383 g/mol. The van der Waals surface area contributed by atoms with E-state index in [4.69, 9.17) is 10.8 Å². The number of amides is 2. The Morgan fingerprint density at radius 1 is 1.56 bits per heavy atom. The van der Waals surface area contributed by atoms with Crippen LogP contribution in [0, 0.1) is 0 Å². The molecule has 2 aliphatic rings. The predicted molar refractivity (Wildman–Crippen MR) is 90.8 cm³/mol. The SMILES string of the molecule is CO/N=C(/C(=O)N[C@@H]1C(=O)N2C(C(=O)O)=CCS[C@H]12)c1csc(N)n1. The van der Waals surface area contributed by atoms with Crippen LogP contribution in [0.15, 0.2) is 22.3 Å². The third-order valence-corrected chi connectivity index (χ3v) is 5.37. The molecule has 1 fully saturated rings. The molecule has 0 aromatic carbocycles. The summed E-state index contributed by atoms with van der Waals surface area (Å²) in [5, 5.41) is 16.7. The Hall–Kier alpha value is -2.60. The average molecular weight is 383 g/mol. The van der Waals surface area contributed by atoms with E-state index in [1.807, 2.05) is 0 Å². The van der Waals surface area contributed by atoms with Gasteiger partial charge in [0.05, 0.1) is 0 Å². The van der Waals surface area contributed by atoms with Gasteiger partial charge in [-0.2, -0.15) is 0 Å². The summed E-state index contributed by atoms with van der Waals surface area (Å²) < 4.78 is 0. The average Bonchev–Trinajstić information content (AvgIpc) is 3.02. The van der Waals surface area contributed by atoms with Gasteiger partial charge in [0.15, 0.2) is 10.8 Å². The first-order valence-corrected chi connectivity index (χ1v) is 8.88. The zero-order chi connectivity index (χ0) is 18.1. The van der Waals surface area contributed by atoms with E-state index in [1.54, 1.807) is 5.38 Å². The molecule has 0 aliphatic carbocycles. The number of carboxylic acids is 1. The second kappa shape index (κ2) is 6.72. The zero-order valence-electron chi connectivity index (χ0n) is 12.8. The Bertz CT molecular complexity index is 804. The summed E-state index contributed by atoms with van der Waals surface area (Å²) in [5.41, 5.74) is 5.60. The van der Waals surface area contributed by atoms with Crippen molar-refractivity contribution >= 4 is 51.7 Å². The summed E-state index contributed by atoms with van der Waals surface area (Å²) in [6.07, 6.45) is 1.47. The van der Waals surface area contributed by atoms with Crippen LogP contribution in [0.25, 0.3) is 0 Å². The highest BCUT2D eigenvalue weighted by Gasteiger charge is 2.53. The number of thioether (sulfide) groups is 1. The second-order valence-corrected chi connectivity index (χ2v) is 7.01. The van der Waals surface area contributed by atoms with Crippen LogP contribution in [-0.2, 0) is 19.2 Å². The Labute approximate surface area is 149 Å². The van der Waals surface area contributed by atoms with E-state index in [0.29, 0.717) is 5.75 Å². The quantitative estimate of drug-likeness (QED) is 0.348. The van der Waals surface area contributed by atoms with Crippen molar-refractivity contribution < 1.29 is 24.3 Å². The molecular weight excluding hydrogens is 370 g/mol. The number of aromatic nitrogens is 1. The van der Waals surface area contributed by atoms with Crippen LogP contribution in [0.3, 0.4) is 0 Å². The number of rotatable bonds is 5. The molecule has 0 radical (unpaired) electrons. The number of aliphatic carboxylic acids is 1. The molecule has 4 N–H and O–H groups in total. The lowest BCUT2D eigenvalue weighted by Gasteiger charge is -2.48. The van der Waals surface area contributed by atoms with Gasteiger partial charge >= 0.3 is 5.97 Å². The van der Waals surface area contributed by atoms with E-state index in [2.05, 4.69) is 20.3 Å². The summed E-state index contributed by atoms with van der Waals surface area (Å²) >= 11 is 2.49. The second-order valence-electron chi connectivity index (χ2n) is 4.97. The Balaban J connectivity index is 1.75. The number of hydrogen-bond acceptors (Lipinski definition) is 9.